The van der Waals surface area contributed by atoms with E-state index < -0.39 is 18.3 Å². The van der Waals surface area contributed by atoms with Gasteiger partial charge >= 0.3 is 0 Å². The molecule has 90 valence electrons. The van der Waals surface area contributed by atoms with Gasteiger partial charge in [0.05, 0.1) is 18.6 Å². The van der Waals surface area contributed by atoms with Gasteiger partial charge in [0.1, 0.15) is 17.6 Å². The van der Waals surface area contributed by atoms with Crippen LogP contribution in [0.15, 0.2) is 4.99 Å². The zero-order valence-corrected chi connectivity index (χ0v) is 9.72. The first-order valence-electron chi connectivity index (χ1n) is 4.86. The molecule has 0 aromatic rings. The smallest absolute Gasteiger partial charge is 0.156 e. The number of hydrogen-bond acceptors (Lipinski definition) is 6. The van der Waals surface area contributed by atoms with Gasteiger partial charge in [-0.3, -0.25) is 4.99 Å². The first kappa shape index (κ1) is 13.3. The number of amidine groups is 1. The Bertz CT molecular complexity index is 305. The van der Waals surface area contributed by atoms with Crippen molar-refractivity contribution < 1.29 is 14.9 Å². The standard InChI is InChI=1S/C9H15N3O3S/c1-12-9(11)16-7-4-5(13)8(14)6(15-7)2-3-10/h5-8,13-14H,2,4H2,1H3,(H2,11,12). The van der Waals surface area contributed by atoms with Crippen LogP contribution < -0.4 is 5.73 Å². The van der Waals surface area contributed by atoms with Crippen LogP contribution in [0.4, 0.5) is 0 Å². The van der Waals surface area contributed by atoms with E-state index in [0.29, 0.717) is 5.17 Å². The number of aliphatic hydroxyl groups excluding tert-OH is 2. The van der Waals surface area contributed by atoms with Crippen LogP contribution in [-0.2, 0) is 4.74 Å². The fraction of sp³-hybridized carbons (Fsp3) is 0.778. The summed E-state index contributed by atoms with van der Waals surface area (Å²) in [5.74, 6) is 0. The van der Waals surface area contributed by atoms with Crippen molar-refractivity contribution in [2.75, 3.05) is 7.05 Å². The maximum Gasteiger partial charge on any atom is 0.156 e. The number of nitriles is 1. The summed E-state index contributed by atoms with van der Waals surface area (Å²) in [6.07, 6.45) is -2.27. The first-order chi connectivity index (χ1) is 7.58. The highest BCUT2D eigenvalue weighted by Gasteiger charge is 2.37. The molecule has 1 rings (SSSR count). The van der Waals surface area contributed by atoms with Crippen LogP contribution in [0.1, 0.15) is 12.8 Å². The molecule has 0 aliphatic carbocycles. The lowest BCUT2D eigenvalue weighted by atomic mass is 10.0. The Morgan fingerprint density at radius 3 is 2.94 bits per heavy atom. The number of nitrogens with zero attached hydrogens (tertiary/aromatic N) is 2. The second kappa shape index (κ2) is 6.06. The third-order valence-electron chi connectivity index (χ3n) is 2.30. The number of aliphatic imine (C=N–C) groups is 1. The van der Waals surface area contributed by atoms with Gasteiger partial charge in [0.15, 0.2) is 5.17 Å². The van der Waals surface area contributed by atoms with Crippen LogP contribution >= 0.6 is 11.8 Å². The predicted molar refractivity (Wildman–Crippen MR) is 60.7 cm³/mol. The summed E-state index contributed by atoms with van der Waals surface area (Å²) in [6.45, 7) is 0. The summed E-state index contributed by atoms with van der Waals surface area (Å²) in [5.41, 5.74) is 5.15. The minimum atomic E-state index is -1.02. The van der Waals surface area contributed by atoms with Gasteiger partial charge in [-0.1, -0.05) is 11.8 Å². The molecule has 7 heteroatoms. The Balaban J connectivity index is 2.60. The zero-order chi connectivity index (χ0) is 12.1. The Morgan fingerprint density at radius 1 is 1.69 bits per heavy atom. The summed E-state index contributed by atoms with van der Waals surface area (Å²) >= 11 is 1.18. The van der Waals surface area contributed by atoms with Gasteiger partial charge in [-0.25, -0.2) is 0 Å². The molecule has 0 amide bonds. The molecule has 0 saturated carbocycles. The highest BCUT2D eigenvalue weighted by atomic mass is 32.2. The lowest BCUT2D eigenvalue weighted by Crippen LogP contribution is -2.47. The number of rotatable bonds is 2. The summed E-state index contributed by atoms with van der Waals surface area (Å²) < 4.78 is 5.45. The van der Waals surface area contributed by atoms with Crippen molar-refractivity contribution in [1.82, 2.24) is 0 Å². The van der Waals surface area contributed by atoms with E-state index in [2.05, 4.69) is 4.99 Å². The van der Waals surface area contributed by atoms with E-state index in [1.165, 1.54) is 11.8 Å². The molecule has 4 atom stereocenters. The van der Waals surface area contributed by atoms with E-state index in [9.17, 15) is 10.2 Å². The van der Waals surface area contributed by atoms with Crippen LogP contribution in [0.5, 0.6) is 0 Å². The summed E-state index contributed by atoms with van der Waals surface area (Å²) in [7, 11) is 1.56. The van der Waals surface area contributed by atoms with Gasteiger partial charge in [0, 0.05) is 13.5 Å². The topological polar surface area (TPSA) is 112 Å². The molecule has 4 unspecified atom stereocenters. The highest BCUT2D eigenvalue weighted by molar-refractivity contribution is 8.14. The molecule has 0 radical (unpaired) electrons. The van der Waals surface area contributed by atoms with Gasteiger partial charge in [0.25, 0.3) is 0 Å². The SMILES string of the molecule is CN=C(N)SC1CC(O)C(O)C(CC#N)O1. The minimum absolute atomic E-state index is 0.0401. The molecule has 6 nitrogen and oxygen atoms in total. The van der Waals surface area contributed by atoms with E-state index in [1.807, 2.05) is 6.07 Å². The second-order valence-corrected chi connectivity index (χ2v) is 4.62. The third kappa shape index (κ3) is 3.35. The first-order valence-corrected chi connectivity index (χ1v) is 5.74. The van der Waals surface area contributed by atoms with Crippen LogP contribution in [0.25, 0.3) is 0 Å². The lowest BCUT2D eigenvalue weighted by molar-refractivity contribution is -0.142. The summed E-state index contributed by atoms with van der Waals surface area (Å²) in [5, 5.41) is 28.1. The van der Waals surface area contributed by atoms with E-state index in [0.717, 1.165) is 0 Å². The van der Waals surface area contributed by atoms with Gasteiger partial charge in [0.2, 0.25) is 0 Å². The average Bonchev–Trinajstić information content (AvgIpc) is 2.25. The normalized spacial score (nSPS) is 35.8. The zero-order valence-electron chi connectivity index (χ0n) is 8.91. The van der Waals surface area contributed by atoms with Crippen molar-refractivity contribution in [2.45, 2.75) is 36.6 Å². The van der Waals surface area contributed by atoms with Crippen LogP contribution in [0, 0.1) is 11.3 Å². The number of nitrogens with two attached hydrogens (primary N) is 1. The summed E-state index contributed by atoms with van der Waals surface area (Å²) in [4.78, 5) is 3.77. The maximum atomic E-state index is 9.60. The minimum Gasteiger partial charge on any atom is -0.390 e. The number of thioether (sulfide) groups is 1. The fourth-order valence-corrected chi connectivity index (χ4v) is 2.30. The maximum absolute atomic E-state index is 9.60. The molecule has 0 bridgehead atoms. The highest BCUT2D eigenvalue weighted by Crippen LogP contribution is 2.28. The van der Waals surface area contributed by atoms with E-state index in [4.69, 9.17) is 15.7 Å². The van der Waals surface area contributed by atoms with Crippen molar-refractivity contribution >= 4 is 16.9 Å². The third-order valence-corrected chi connectivity index (χ3v) is 3.29. The molecule has 1 heterocycles. The van der Waals surface area contributed by atoms with Crippen molar-refractivity contribution in [3.63, 3.8) is 0 Å². The Labute approximate surface area is 98.1 Å². The van der Waals surface area contributed by atoms with Crippen molar-refractivity contribution in [3.8, 4) is 6.07 Å². The Kier molecular flexibility index (Phi) is 5.02. The quantitative estimate of drug-likeness (QED) is 0.443. The van der Waals surface area contributed by atoms with Gasteiger partial charge in [-0.2, -0.15) is 5.26 Å². The van der Waals surface area contributed by atoms with Crippen molar-refractivity contribution in [1.29, 1.82) is 5.26 Å². The second-order valence-electron chi connectivity index (χ2n) is 3.44. The van der Waals surface area contributed by atoms with E-state index in [-0.39, 0.29) is 18.3 Å². The monoisotopic (exact) mass is 245 g/mol. The molecule has 4 N–H and O–H groups in total. The van der Waals surface area contributed by atoms with Crippen molar-refractivity contribution in [3.05, 3.63) is 0 Å². The lowest BCUT2D eigenvalue weighted by Gasteiger charge is -2.35. The largest absolute Gasteiger partial charge is 0.390 e. The average molecular weight is 245 g/mol. The van der Waals surface area contributed by atoms with E-state index in [1.54, 1.807) is 7.05 Å². The number of hydrogen-bond donors (Lipinski definition) is 3. The van der Waals surface area contributed by atoms with Crippen molar-refractivity contribution in [2.24, 2.45) is 10.7 Å². The molecule has 16 heavy (non-hydrogen) atoms. The number of ether oxygens (including phenoxy) is 1. The molecular weight excluding hydrogens is 230 g/mol. The number of aliphatic hydroxyl groups is 2. The predicted octanol–water partition coefficient (Wildman–Crippen LogP) is -0.585. The fourth-order valence-electron chi connectivity index (χ4n) is 1.44. The summed E-state index contributed by atoms with van der Waals surface area (Å²) in [6, 6.07) is 1.91. The molecule has 1 fully saturated rings. The van der Waals surface area contributed by atoms with E-state index >= 15 is 0 Å². The Morgan fingerprint density at radius 2 is 2.38 bits per heavy atom. The molecule has 1 aliphatic rings. The van der Waals surface area contributed by atoms with Gasteiger partial charge in [-0.15, -0.1) is 0 Å². The van der Waals surface area contributed by atoms with Gasteiger partial charge < -0.3 is 20.7 Å². The van der Waals surface area contributed by atoms with Crippen LogP contribution in [0.2, 0.25) is 0 Å². The van der Waals surface area contributed by atoms with Gasteiger partial charge in [-0.05, 0) is 0 Å². The van der Waals surface area contributed by atoms with Crippen LogP contribution in [0.3, 0.4) is 0 Å². The Hall–Kier alpha value is -0.810. The molecular formula is C9H15N3O3S. The van der Waals surface area contributed by atoms with Crippen LogP contribution in [-0.4, -0.2) is 46.2 Å². The molecule has 1 aliphatic heterocycles. The molecule has 0 aromatic heterocycles. The molecule has 0 spiro atoms. The molecule has 0 aromatic carbocycles. The molecule has 1 saturated heterocycles.